The molecule has 0 aliphatic heterocycles. The van der Waals surface area contributed by atoms with Crippen LogP contribution in [0.5, 0.6) is 0 Å². The number of hydrogen-bond donors (Lipinski definition) is 3. The molecule has 1 atom stereocenters. The van der Waals surface area contributed by atoms with E-state index in [-0.39, 0.29) is 38.5 Å². The molecule has 0 saturated carbocycles. The van der Waals surface area contributed by atoms with Crippen LogP contribution < -0.4 is 11.1 Å². The number of carboxylic acids is 1. The van der Waals surface area contributed by atoms with Gasteiger partial charge in [0.25, 0.3) is 17.3 Å². The number of amides is 1. The van der Waals surface area contributed by atoms with Gasteiger partial charge in [-0.1, -0.05) is 67.7 Å². The maximum atomic E-state index is 14.4. The van der Waals surface area contributed by atoms with Crippen molar-refractivity contribution in [2.75, 3.05) is 11.1 Å². The molecule has 0 aliphatic carbocycles. The number of nitro benzene ring substituents is 2. The van der Waals surface area contributed by atoms with Gasteiger partial charge in [0.05, 0.1) is 36.8 Å². The molecule has 0 aromatic heterocycles. The van der Waals surface area contributed by atoms with E-state index in [1.54, 1.807) is 11.4 Å². The zero-order valence-electron chi connectivity index (χ0n) is 34.8. The molecule has 0 radical (unpaired) electrons. The molecule has 1 amide bonds. The van der Waals surface area contributed by atoms with Gasteiger partial charge in [-0.3, -0.25) is 25.0 Å². The van der Waals surface area contributed by atoms with Crippen LogP contribution in [0.25, 0.3) is 0 Å². The predicted octanol–water partition coefficient (Wildman–Crippen LogP) is 15.1. The van der Waals surface area contributed by atoms with Gasteiger partial charge < -0.3 is 16.2 Å². The number of carbonyl (C=O) groups is 2. The van der Waals surface area contributed by atoms with E-state index in [0.717, 1.165) is 30.3 Å². The van der Waals surface area contributed by atoms with Gasteiger partial charge in [0.15, 0.2) is 11.6 Å². The SMILES string of the molecule is C.CC.N#Cc1ccc(C(=O)Nc2c(Cl)cc(C(F)(C(F)(F)F)C(F)(F)F)c(F)c2Cl)cc1[N+](=O)[O-].N#Cc1ccc(C(=O)O)cc1[N+](=O)[O-].Nc1c(Cl)cc(C(F)(C(F)(F)F)C(F)(F)F)c(F)c1Cl.O=BPCl. The Balaban J connectivity index is 0. The minimum atomic E-state index is -6.66. The second-order valence-electron chi connectivity index (χ2n) is 12.4. The molecule has 0 saturated heterocycles. The summed E-state index contributed by atoms with van der Waals surface area (Å²) in [7, 11) is -0.0679. The van der Waals surface area contributed by atoms with Crippen LogP contribution in [-0.2, 0) is 16.0 Å². The van der Waals surface area contributed by atoms with Gasteiger partial charge in [0, 0.05) is 28.8 Å². The average molecular weight is 1200 g/mol. The van der Waals surface area contributed by atoms with E-state index in [1.165, 1.54) is 6.07 Å². The van der Waals surface area contributed by atoms with Gasteiger partial charge in [0.1, 0.15) is 33.3 Å². The maximum absolute atomic E-state index is 14.4. The Morgan fingerprint density at radius 3 is 1.31 bits per heavy atom. The van der Waals surface area contributed by atoms with E-state index < -0.39 is 134 Å². The summed E-state index contributed by atoms with van der Waals surface area (Å²) in [5.41, 5.74) is -16.6. The molecular formula is C37H23BCl5F16N6O8P. The zero-order chi connectivity index (χ0) is 57.7. The van der Waals surface area contributed by atoms with Crippen LogP contribution in [0.1, 0.15) is 64.2 Å². The molecule has 14 nitrogen and oxygen atoms in total. The molecule has 0 heterocycles. The summed E-state index contributed by atoms with van der Waals surface area (Å²) in [4.78, 5) is 42.4. The van der Waals surface area contributed by atoms with Crippen molar-refractivity contribution in [1.29, 1.82) is 10.5 Å². The average Bonchev–Trinajstić information content (AvgIpc) is 3.30. The Labute approximate surface area is 429 Å². The van der Waals surface area contributed by atoms with Crippen molar-refractivity contribution in [2.24, 2.45) is 0 Å². The van der Waals surface area contributed by atoms with E-state index in [9.17, 15) is 100 Å². The molecular weight excluding hydrogens is 1180 g/mol. The quantitative estimate of drug-likeness (QED) is 0.0285. The summed E-state index contributed by atoms with van der Waals surface area (Å²) in [5.74, 6) is -7.39. The van der Waals surface area contributed by atoms with Crippen LogP contribution in [0.3, 0.4) is 0 Å². The first-order valence-corrected chi connectivity index (χ1v) is 21.3. The predicted molar refractivity (Wildman–Crippen MR) is 236 cm³/mol. The van der Waals surface area contributed by atoms with Crippen molar-refractivity contribution in [3.63, 3.8) is 0 Å². The molecule has 4 aromatic carbocycles. The monoisotopic (exact) mass is 1200 g/mol. The third-order valence-electron chi connectivity index (χ3n) is 8.08. The Morgan fingerprint density at radius 1 is 0.676 bits per heavy atom. The first kappa shape index (κ1) is 70.1. The number of carboxylic acid groups (broad SMARTS) is 1. The summed E-state index contributed by atoms with van der Waals surface area (Å²) in [6.07, 6.45) is -26.3. The number of carbonyl (C=O) groups excluding carboxylic acids is 1. The number of nitrogens with zero attached hydrogens (tertiary/aromatic N) is 4. The van der Waals surface area contributed by atoms with Crippen molar-refractivity contribution in [3.8, 4) is 12.1 Å². The summed E-state index contributed by atoms with van der Waals surface area (Å²) < 4.78 is 217. The topological polar surface area (TPSA) is 243 Å². The molecule has 0 aliphatic rings. The molecule has 37 heteroatoms. The van der Waals surface area contributed by atoms with E-state index in [2.05, 4.69) is 0 Å². The number of halogens is 21. The molecule has 4 aromatic rings. The van der Waals surface area contributed by atoms with E-state index in [1.807, 2.05) is 13.8 Å². The number of rotatable bonds is 8. The fourth-order valence-corrected chi connectivity index (χ4v) is 5.77. The van der Waals surface area contributed by atoms with E-state index in [4.69, 9.17) is 83.7 Å². The number of benzene rings is 4. The number of anilines is 2. The van der Waals surface area contributed by atoms with Crippen molar-refractivity contribution >= 4 is 107 Å². The number of nitrogens with two attached hydrogens (primary N) is 1. The van der Waals surface area contributed by atoms with Gasteiger partial charge in [-0.05, 0) is 36.4 Å². The third kappa shape index (κ3) is 15.8. The first-order valence-electron chi connectivity index (χ1n) is 17.7. The Bertz CT molecular complexity index is 2810. The number of aromatic carboxylic acids is 1. The molecule has 0 fully saturated rings. The van der Waals surface area contributed by atoms with Gasteiger partial charge >= 0.3 is 72.6 Å². The number of hydrogen-bond acceptors (Lipinski definition) is 10. The molecule has 4 N–H and O–H groups in total. The fraction of sp³-hybridized carbons (Fsp3) is 0.243. The molecule has 74 heavy (non-hydrogen) atoms. The van der Waals surface area contributed by atoms with E-state index in [0.29, 0.717) is 12.9 Å². The standard InChI is InChI=1S/C17H5Cl2F8N3O3.C9H3Cl2F8N.C8H4N2O4.C2H6.CH4.BClHOP/c18-9-4-8(15(21,16(22,23)24)17(25,26)27)12(20)11(19)13(9)29-14(31)6-1-2-7(5-28)10(3-6)30(32)33;10-3-1-2(5(12)4(11)6(3)20)7(13,8(14,15)16)9(17,18)19;9-4-6-2-1-5(8(11)12)3-7(6)10(13)14;1-2;;2-4-1-3/h1-4H,(H,29,31);1H,20H2;1-3H,(H,11,12);1-2H3;1H4;4H. The summed E-state index contributed by atoms with van der Waals surface area (Å²) in [6, 6.07) is 8.04. The van der Waals surface area contributed by atoms with Crippen molar-refractivity contribution < 1.29 is 99.5 Å². The number of nitriles is 2. The Hall–Kier alpha value is -5.98. The van der Waals surface area contributed by atoms with Crippen molar-refractivity contribution in [3.05, 3.63) is 134 Å². The summed E-state index contributed by atoms with van der Waals surface area (Å²) in [5, 5.41) is 43.9. The van der Waals surface area contributed by atoms with Crippen LogP contribution in [0.4, 0.5) is 93.0 Å². The molecule has 4 rings (SSSR count). The molecule has 0 spiro atoms. The van der Waals surface area contributed by atoms with E-state index >= 15 is 0 Å². The Kier molecular flexibility index (Phi) is 26.1. The number of alkyl halides is 14. The third-order valence-corrected chi connectivity index (χ3v) is 9.77. The normalized spacial score (nSPS) is 11.4. The van der Waals surface area contributed by atoms with Gasteiger partial charge in [-0.2, -0.15) is 63.2 Å². The van der Waals surface area contributed by atoms with Crippen LogP contribution in [0.15, 0.2) is 48.5 Å². The van der Waals surface area contributed by atoms with Crippen LogP contribution in [-0.4, -0.2) is 58.4 Å². The van der Waals surface area contributed by atoms with Crippen LogP contribution in [0, 0.1) is 54.5 Å². The summed E-state index contributed by atoms with van der Waals surface area (Å²) >= 11 is 26.2. The van der Waals surface area contributed by atoms with Crippen LogP contribution >= 0.6 is 65.5 Å². The second kappa shape index (κ2) is 27.5. The molecule has 404 valence electrons. The fourth-order valence-electron chi connectivity index (χ4n) is 4.77. The number of nitrogen functional groups attached to an aromatic ring is 1. The van der Waals surface area contributed by atoms with Crippen molar-refractivity contribution in [2.45, 2.75) is 57.3 Å². The van der Waals surface area contributed by atoms with Gasteiger partial charge in [-0.25, -0.2) is 22.4 Å². The van der Waals surface area contributed by atoms with Crippen LogP contribution in [0.2, 0.25) is 20.1 Å². The van der Waals surface area contributed by atoms with Gasteiger partial charge in [0.2, 0.25) is 0 Å². The molecule has 1 unspecified atom stereocenters. The van der Waals surface area contributed by atoms with Gasteiger partial charge in [-0.15, -0.1) is 0 Å². The second-order valence-corrected chi connectivity index (χ2v) is 15.0. The Morgan fingerprint density at radius 2 is 1.00 bits per heavy atom. The summed E-state index contributed by atoms with van der Waals surface area (Å²) in [6.45, 7) is 4.67. The zero-order valence-corrected chi connectivity index (χ0v) is 39.6. The van der Waals surface area contributed by atoms with Crippen molar-refractivity contribution in [1.82, 2.24) is 0 Å². The number of nitrogens with one attached hydrogen (secondary N) is 1. The number of nitro groups is 2. The first-order chi connectivity index (χ1) is 33.2. The minimum absolute atomic E-state index is 0. The molecule has 0 bridgehead atoms.